The molecule has 0 saturated heterocycles. The fourth-order valence-corrected chi connectivity index (χ4v) is 1.20. The Morgan fingerprint density at radius 2 is 1.87 bits per heavy atom. The Morgan fingerprint density at radius 3 is 2.33 bits per heavy atom. The standard InChI is InChI=1S/C10H5F3N2/c11-10(12,13)9-3-1-2-7(4-5-14)8(9)6-15/h1-3H,4H2. The van der Waals surface area contributed by atoms with Crippen LogP contribution in [0.2, 0.25) is 0 Å². The normalized spacial score (nSPS) is 10.5. The molecule has 0 fully saturated rings. The maximum atomic E-state index is 12.4. The molecular weight excluding hydrogens is 205 g/mol. The van der Waals surface area contributed by atoms with Crippen LogP contribution in [0.15, 0.2) is 18.2 Å². The van der Waals surface area contributed by atoms with E-state index in [9.17, 15) is 13.2 Å². The average molecular weight is 210 g/mol. The van der Waals surface area contributed by atoms with E-state index < -0.39 is 17.3 Å². The number of hydrogen-bond donors (Lipinski definition) is 0. The SMILES string of the molecule is N#CCc1cccc(C(F)(F)F)c1C#N. The van der Waals surface area contributed by atoms with Crippen molar-refractivity contribution in [2.45, 2.75) is 12.6 Å². The monoisotopic (exact) mass is 210 g/mol. The molecule has 1 aromatic rings. The summed E-state index contributed by atoms with van der Waals surface area (Å²) >= 11 is 0. The van der Waals surface area contributed by atoms with Crippen molar-refractivity contribution in [3.63, 3.8) is 0 Å². The van der Waals surface area contributed by atoms with E-state index >= 15 is 0 Å². The van der Waals surface area contributed by atoms with Gasteiger partial charge in [-0.05, 0) is 11.6 Å². The van der Waals surface area contributed by atoms with Gasteiger partial charge in [-0.1, -0.05) is 12.1 Å². The lowest BCUT2D eigenvalue weighted by atomic mass is 10.00. The molecule has 0 saturated carbocycles. The van der Waals surface area contributed by atoms with Crippen molar-refractivity contribution in [3.8, 4) is 12.1 Å². The van der Waals surface area contributed by atoms with E-state index in [1.54, 1.807) is 6.07 Å². The van der Waals surface area contributed by atoms with Crippen LogP contribution in [0.5, 0.6) is 0 Å². The summed E-state index contributed by atoms with van der Waals surface area (Å²) in [6.07, 6.45) is -4.76. The molecule has 0 aliphatic heterocycles. The van der Waals surface area contributed by atoms with Gasteiger partial charge in [-0.15, -0.1) is 0 Å². The lowest BCUT2D eigenvalue weighted by molar-refractivity contribution is -0.137. The van der Waals surface area contributed by atoms with Gasteiger partial charge >= 0.3 is 6.18 Å². The predicted molar refractivity (Wildman–Crippen MR) is 45.5 cm³/mol. The van der Waals surface area contributed by atoms with Crippen molar-refractivity contribution in [2.75, 3.05) is 0 Å². The first-order valence-electron chi connectivity index (χ1n) is 3.97. The van der Waals surface area contributed by atoms with Crippen LogP contribution in [0.3, 0.4) is 0 Å². The molecule has 2 nitrogen and oxygen atoms in total. The Balaban J connectivity index is 3.38. The van der Waals surface area contributed by atoms with Gasteiger partial charge < -0.3 is 0 Å². The minimum Gasteiger partial charge on any atom is -0.198 e. The third-order valence-electron chi connectivity index (χ3n) is 1.84. The van der Waals surface area contributed by atoms with Gasteiger partial charge in [0.2, 0.25) is 0 Å². The number of halogens is 3. The Bertz CT molecular complexity index is 449. The highest BCUT2D eigenvalue weighted by Crippen LogP contribution is 2.32. The van der Waals surface area contributed by atoms with Crippen LogP contribution < -0.4 is 0 Å². The van der Waals surface area contributed by atoms with Crippen molar-refractivity contribution in [3.05, 3.63) is 34.9 Å². The number of rotatable bonds is 1. The number of nitriles is 2. The molecule has 0 aliphatic rings. The van der Waals surface area contributed by atoms with Crippen LogP contribution in [-0.4, -0.2) is 0 Å². The first kappa shape index (κ1) is 11.1. The molecule has 5 heteroatoms. The predicted octanol–water partition coefficient (Wildman–Crippen LogP) is 2.64. The summed E-state index contributed by atoms with van der Waals surface area (Å²) in [5, 5.41) is 17.0. The molecular formula is C10H5F3N2. The highest BCUT2D eigenvalue weighted by molar-refractivity contribution is 5.46. The van der Waals surface area contributed by atoms with Crippen molar-refractivity contribution in [1.29, 1.82) is 10.5 Å². The summed E-state index contributed by atoms with van der Waals surface area (Å²) in [6, 6.07) is 6.57. The van der Waals surface area contributed by atoms with Crippen LogP contribution in [0.25, 0.3) is 0 Å². The second-order valence-corrected chi connectivity index (χ2v) is 2.78. The van der Waals surface area contributed by atoms with Crippen LogP contribution in [0.4, 0.5) is 13.2 Å². The zero-order chi connectivity index (χ0) is 11.5. The number of hydrogen-bond acceptors (Lipinski definition) is 2. The lowest BCUT2D eigenvalue weighted by Gasteiger charge is -2.10. The smallest absolute Gasteiger partial charge is 0.198 e. The highest BCUT2D eigenvalue weighted by atomic mass is 19.4. The Kier molecular flexibility index (Phi) is 2.96. The molecule has 0 spiro atoms. The van der Waals surface area contributed by atoms with Gasteiger partial charge in [-0.3, -0.25) is 0 Å². The third kappa shape index (κ3) is 2.26. The summed E-state index contributed by atoms with van der Waals surface area (Å²) in [4.78, 5) is 0. The number of nitrogens with zero attached hydrogens (tertiary/aromatic N) is 2. The highest BCUT2D eigenvalue weighted by Gasteiger charge is 2.34. The quantitative estimate of drug-likeness (QED) is 0.715. The van der Waals surface area contributed by atoms with Crippen molar-refractivity contribution >= 4 is 0 Å². The van der Waals surface area contributed by atoms with E-state index in [1.165, 1.54) is 18.2 Å². The summed E-state index contributed by atoms with van der Waals surface area (Å²) in [6.45, 7) is 0. The van der Waals surface area contributed by atoms with E-state index in [-0.39, 0.29) is 12.0 Å². The molecule has 0 aromatic heterocycles. The molecule has 0 N–H and O–H groups in total. The van der Waals surface area contributed by atoms with Crippen molar-refractivity contribution in [1.82, 2.24) is 0 Å². The van der Waals surface area contributed by atoms with Gasteiger partial charge in [0.1, 0.15) is 6.07 Å². The second kappa shape index (κ2) is 4.02. The summed E-state index contributed by atoms with van der Waals surface area (Å²) in [7, 11) is 0. The van der Waals surface area contributed by atoms with Gasteiger partial charge in [0.15, 0.2) is 0 Å². The van der Waals surface area contributed by atoms with Gasteiger partial charge in [-0.2, -0.15) is 23.7 Å². The molecule has 15 heavy (non-hydrogen) atoms. The molecule has 76 valence electrons. The lowest BCUT2D eigenvalue weighted by Crippen LogP contribution is -2.09. The molecule has 0 unspecified atom stereocenters. The molecule has 0 radical (unpaired) electrons. The van der Waals surface area contributed by atoms with Gasteiger partial charge in [-0.25, -0.2) is 0 Å². The van der Waals surface area contributed by atoms with Crippen LogP contribution in [0.1, 0.15) is 16.7 Å². The second-order valence-electron chi connectivity index (χ2n) is 2.78. The molecule has 0 bridgehead atoms. The Hall–Kier alpha value is -2.01. The van der Waals surface area contributed by atoms with E-state index in [1.807, 2.05) is 0 Å². The molecule has 0 atom stereocenters. The van der Waals surface area contributed by atoms with Crippen molar-refractivity contribution < 1.29 is 13.2 Å². The summed E-state index contributed by atoms with van der Waals surface area (Å²) in [5.74, 6) is 0. The first-order chi connectivity index (χ1) is 7.00. The van der Waals surface area contributed by atoms with Gasteiger partial charge in [0.05, 0.1) is 23.6 Å². The Labute approximate surface area is 84.2 Å². The fourth-order valence-electron chi connectivity index (χ4n) is 1.20. The van der Waals surface area contributed by atoms with E-state index in [0.29, 0.717) is 0 Å². The molecule has 0 aliphatic carbocycles. The minimum absolute atomic E-state index is 0.106. The minimum atomic E-state index is -4.56. The summed E-state index contributed by atoms with van der Waals surface area (Å²) < 4.78 is 37.3. The zero-order valence-corrected chi connectivity index (χ0v) is 7.47. The molecule has 0 heterocycles. The Morgan fingerprint density at radius 1 is 1.20 bits per heavy atom. The van der Waals surface area contributed by atoms with Crippen molar-refractivity contribution in [2.24, 2.45) is 0 Å². The fraction of sp³-hybridized carbons (Fsp3) is 0.200. The van der Waals surface area contributed by atoms with Crippen LogP contribution >= 0.6 is 0 Å². The van der Waals surface area contributed by atoms with E-state index in [2.05, 4.69) is 0 Å². The summed E-state index contributed by atoms with van der Waals surface area (Å²) in [5.41, 5.74) is -1.35. The van der Waals surface area contributed by atoms with Gasteiger partial charge in [0, 0.05) is 0 Å². The van der Waals surface area contributed by atoms with Gasteiger partial charge in [0.25, 0.3) is 0 Å². The first-order valence-corrected chi connectivity index (χ1v) is 3.97. The topological polar surface area (TPSA) is 47.6 Å². The van der Waals surface area contributed by atoms with Crippen LogP contribution in [0, 0.1) is 22.7 Å². The number of benzene rings is 1. The molecule has 1 rings (SSSR count). The largest absolute Gasteiger partial charge is 0.417 e. The number of alkyl halides is 3. The average Bonchev–Trinajstić information content (AvgIpc) is 2.16. The van der Waals surface area contributed by atoms with Crippen LogP contribution in [-0.2, 0) is 12.6 Å². The van der Waals surface area contributed by atoms with E-state index in [4.69, 9.17) is 10.5 Å². The molecule has 0 amide bonds. The maximum absolute atomic E-state index is 12.4. The maximum Gasteiger partial charge on any atom is 0.417 e. The molecule has 1 aromatic carbocycles. The zero-order valence-electron chi connectivity index (χ0n) is 7.47. The third-order valence-corrected chi connectivity index (χ3v) is 1.84. The van der Waals surface area contributed by atoms with E-state index in [0.717, 1.165) is 6.07 Å².